The SMILES string of the molecule is CCOC(=O)COc1ccc(N=C=S)c2c1CCCC2. The first-order valence-corrected chi connectivity index (χ1v) is 7.18. The lowest BCUT2D eigenvalue weighted by atomic mass is 9.90. The molecule has 0 saturated heterocycles. The molecule has 0 fully saturated rings. The molecule has 0 amide bonds. The van der Waals surface area contributed by atoms with Crippen LogP contribution in [0.3, 0.4) is 0 Å². The van der Waals surface area contributed by atoms with Crippen molar-refractivity contribution >= 4 is 29.0 Å². The van der Waals surface area contributed by atoms with Crippen LogP contribution < -0.4 is 4.74 Å². The molecule has 0 unspecified atom stereocenters. The summed E-state index contributed by atoms with van der Waals surface area (Å²) in [7, 11) is 0. The Labute approximate surface area is 123 Å². The number of aliphatic imine (C=N–C) groups is 1. The van der Waals surface area contributed by atoms with Crippen LogP contribution in [0.1, 0.15) is 30.9 Å². The van der Waals surface area contributed by atoms with Gasteiger partial charge >= 0.3 is 5.97 Å². The van der Waals surface area contributed by atoms with Crippen LogP contribution in [0.15, 0.2) is 17.1 Å². The van der Waals surface area contributed by atoms with Crippen LogP contribution in [0.4, 0.5) is 5.69 Å². The quantitative estimate of drug-likeness (QED) is 0.475. The fraction of sp³-hybridized carbons (Fsp3) is 0.467. The lowest BCUT2D eigenvalue weighted by molar-refractivity contribution is -0.145. The Hall–Kier alpha value is -1.71. The third kappa shape index (κ3) is 3.44. The second-order valence-corrected chi connectivity index (χ2v) is 4.73. The fourth-order valence-corrected chi connectivity index (χ4v) is 2.54. The number of benzene rings is 1. The Morgan fingerprint density at radius 3 is 2.80 bits per heavy atom. The molecular weight excluding hydrogens is 274 g/mol. The van der Waals surface area contributed by atoms with E-state index in [4.69, 9.17) is 9.47 Å². The molecule has 1 aromatic carbocycles. The Morgan fingerprint density at radius 2 is 2.10 bits per heavy atom. The topological polar surface area (TPSA) is 47.9 Å². The van der Waals surface area contributed by atoms with Crippen molar-refractivity contribution in [2.75, 3.05) is 13.2 Å². The van der Waals surface area contributed by atoms with Crippen molar-refractivity contribution < 1.29 is 14.3 Å². The number of hydrogen-bond acceptors (Lipinski definition) is 5. The molecule has 2 rings (SSSR count). The fourth-order valence-electron chi connectivity index (χ4n) is 2.44. The van der Waals surface area contributed by atoms with Crippen molar-refractivity contribution in [1.29, 1.82) is 0 Å². The summed E-state index contributed by atoms with van der Waals surface area (Å²) in [6.07, 6.45) is 4.15. The molecule has 1 aliphatic carbocycles. The molecule has 0 N–H and O–H groups in total. The van der Waals surface area contributed by atoms with Crippen LogP contribution >= 0.6 is 12.2 Å². The Bertz CT molecular complexity index is 550. The van der Waals surface area contributed by atoms with E-state index in [1.165, 1.54) is 0 Å². The number of nitrogens with zero attached hydrogens (tertiary/aromatic N) is 1. The molecule has 0 aliphatic heterocycles. The van der Waals surface area contributed by atoms with E-state index >= 15 is 0 Å². The summed E-state index contributed by atoms with van der Waals surface area (Å²) in [6.45, 7) is 2.08. The molecule has 5 heteroatoms. The van der Waals surface area contributed by atoms with Gasteiger partial charge < -0.3 is 9.47 Å². The zero-order valence-corrected chi connectivity index (χ0v) is 12.3. The Kier molecular flexibility index (Phi) is 5.27. The average molecular weight is 291 g/mol. The van der Waals surface area contributed by atoms with Gasteiger partial charge in [0.25, 0.3) is 0 Å². The maximum Gasteiger partial charge on any atom is 0.344 e. The van der Waals surface area contributed by atoms with Crippen molar-refractivity contribution in [3.63, 3.8) is 0 Å². The second-order valence-electron chi connectivity index (χ2n) is 4.54. The van der Waals surface area contributed by atoms with Gasteiger partial charge in [-0.05, 0) is 68.1 Å². The van der Waals surface area contributed by atoms with Gasteiger partial charge in [-0.15, -0.1) is 0 Å². The molecule has 1 aliphatic rings. The minimum absolute atomic E-state index is 0.0595. The van der Waals surface area contributed by atoms with Gasteiger partial charge in [-0.2, -0.15) is 4.99 Å². The van der Waals surface area contributed by atoms with Crippen LogP contribution in [0, 0.1) is 0 Å². The summed E-state index contributed by atoms with van der Waals surface area (Å²) in [5.74, 6) is 0.397. The number of isothiocyanates is 1. The highest BCUT2D eigenvalue weighted by atomic mass is 32.1. The van der Waals surface area contributed by atoms with E-state index in [1.54, 1.807) is 6.92 Å². The largest absolute Gasteiger partial charge is 0.482 e. The van der Waals surface area contributed by atoms with Crippen molar-refractivity contribution in [2.45, 2.75) is 32.6 Å². The van der Waals surface area contributed by atoms with E-state index in [2.05, 4.69) is 22.4 Å². The van der Waals surface area contributed by atoms with E-state index < -0.39 is 0 Å². The normalized spacial score (nSPS) is 13.1. The van der Waals surface area contributed by atoms with Gasteiger partial charge in [0.1, 0.15) is 5.75 Å². The van der Waals surface area contributed by atoms with Crippen molar-refractivity contribution in [2.24, 2.45) is 4.99 Å². The molecule has 0 bridgehead atoms. The van der Waals surface area contributed by atoms with Crippen LogP contribution in [-0.2, 0) is 22.4 Å². The molecule has 1 aromatic rings. The summed E-state index contributed by atoms with van der Waals surface area (Å²) < 4.78 is 10.5. The number of hydrogen-bond donors (Lipinski definition) is 0. The number of fused-ring (bicyclic) bond motifs is 1. The lowest BCUT2D eigenvalue weighted by Gasteiger charge is -2.20. The number of carbonyl (C=O) groups is 1. The maximum absolute atomic E-state index is 11.4. The molecule has 0 atom stereocenters. The third-order valence-corrected chi connectivity index (χ3v) is 3.38. The molecule has 0 aromatic heterocycles. The molecular formula is C15H17NO3S. The predicted molar refractivity (Wildman–Crippen MR) is 79.9 cm³/mol. The standard InChI is InChI=1S/C15H17NO3S/c1-2-18-15(17)9-19-14-8-7-13(16-10-20)11-5-3-4-6-12(11)14/h7-8H,2-6,9H2,1H3. The highest BCUT2D eigenvalue weighted by Gasteiger charge is 2.18. The third-order valence-electron chi connectivity index (χ3n) is 3.28. The van der Waals surface area contributed by atoms with E-state index in [9.17, 15) is 4.79 Å². The van der Waals surface area contributed by atoms with Gasteiger partial charge in [0.15, 0.2) is 6.61 Å². The Balaban J connectivity index is 2.21. The number of thiocarbonyl (C=S) groups is 1. The molecule has 0 radical (unpaired) electrons. The van der Waals surface area contributed by atoms with Crippen molar-refractivity contribution in [1.82, 2.24) is 0 Å². The highest BCUT2D eigenvalue weighted by Crippen LogP contribution is 2.36. The zero-order chi connectivity index (χ0) is 14.4. The summed E-state index contributed by atoms with van der Waals surface area (Å²) in [6, 6.07) is 3.71. The van der Waals surface area contributed by atoms with Gasteiger partial charge in [-0.1, -0.05) is 0 Å². The van der Waals surface area contributed by atoms with Gasteiger partial charge in [-0.25, -0.2) is 4.79 Å². The lowest BCUT2D eigenvalue weighted by Crippen LogP contribution is -2.16. The summed E-state index contributed by atoms with van der Waals surface area (Å²) in [5.41, 5.74) is 3.15. The van der Waals surface area contributed by atoms with Crippen molar-refractivity contribution in [3.05, 3.63) is 23.3 Å². The average Bonchev–Trinajstić information content (AvgIpc) is 2.47. The first-order valence-electron chi connectivity index (χ1n) is 6.77. The highest BCUT2D eigenvalue weighted by molar-refractivity contribution is 7.78. The maximum atomic E-state index is 11.4. The smallest absolute Gasteiger partial charge is 0.344 e. The van der Waals surface area contributed by atoms with E-state index in [1.807, 2.05) is 12.1 Å². The summed E-state index contributed by atoms with van der Waals surface area (Å²) in [5, 5.41) is 2.41. The molecule has 4 nitrogen and oxygen atoms in total. The molecule has 106 valence electrons. The van der Waals surface area contributed by atoms with Gasteiger partial charge in [0.2, 0.25) is 0 Å². The Morgan fingerprint density at radius 1 is 1.35 bits per heavy atom. The van der Waals surface area contributed by atoms with Gasteiger partial charge in [-0.3, -0.25) is 0 Å². The first kappa shape index (κ1) is 14.7. The predicted octanol–water partition coefficient (Wildman–Crippen LogP) is 3.24. The minimum atomic E-state index is -0.349. The van der Waals surface area contributed by atoms with Crippen LogP contribution in [0.25, 0.3) is 0 Å². The van der Waals surface area contributed by atoms with E-state index in [0.29, 0.717) is 6.61 Å². The van der Waals surface area contributed by atoms with Crippen LogP contribution in [-0.4, -0.2) is 24.3 Å². The van der Waals surface area contributed by atoms with E-state index in [0.717, 1.165) is 48.2 Å². The molecule has 20 heavy (non-hydrogen) atoms. The van der Waals surface area contributed by atoms with Crippen LogP contribution in [0.5, 0.6) is 5.75 Å². The van der Waals surface area contributed by atoms with Gasteiger partial charge in [0, 0.05) is 0 Å². The molecule has 0 saturated carbocycles. The summed E-state index contributed by atoms with van der Waals surface area (Å²) in [4.78, 5) is 15.5. The van der Waals surface area contributed by atoms with Gasteiger partial charge in [0.05, 0.1) is 17.5 Å². The number of esters is 1. The number of carbonyl (C=O) groups excluding carboxylic acids is 1. The molecule has 0 spiro atoms. The monoisotopic (exact) mass is 291 g/mol. The number of rotatable bonds is 5. The van der Waals surface area contributed by atoms with Crippen molar-refractivity contribution in [3.8, 4) is 5.75 Å². The minimum Gasteiger partial charge on any atom is -0.482 e. The zero-order valence-electron chi connectivity index (χ0n) is 11.5. The van der Waals surface area contributed by atoms with E-state index in [-0.39, 0.29) is 12.6 Å². The molecule has 0 heterocycles. The summed E-state index contributed by atoms with van der Waals surface area (Å²) >= 11 is 4.68. The van der Waals surface area contributed by atoms with Crippen LogP contribution in [0.2, 0.25) is 0 Å². The first-order chi connectivity index (χ1) is 9.76. The number of ether oxygens (including phenoxy) is 2. The second kappa shape index (κ2) is 7.17.